The summed E-state index contributed by atoms with van der Waals surface area (Å²) in [4.78, 5) is 16.6. The third kappa shape index (κ3) is 5.69. The van der Waals surface area contributed by atoms with Crippen molar-refractivity contribution in [2.45, 2.75) is 13.8 Å². The number of aryl methyl sites for hydroxylation is 2. The number of ether oxygens (including phenoxy) is 2. The van der Waals surface area contributed by atoms with Crippen LogP contribution in [-0.4, -0.2) is 29.7 Å². The summed E-state index contributed by atoms with van der Waals surface area (Å²) in [6.45, 7) is 3.60. The Hall–Kier alpha value is -2.68. The fraction of sp³-hybridized carbons (Fsp3) is 0.190. The topological polar surface area (TPSA) is 72.5 Å². The lowest BCUT2D eigenvalue weighted by atomic mass is 10.1. The lowest BCUT2D eigenvalue weighted by Crippen LogP contribution is -2.37. The van der Waals surface area contributed by atoms with Gasteiger partial charge < -0.3 is 14.8 Å². The zero-order valence-corrected chi connectivity index (χ0v) is 19.0. The van der Waals surface area contributed by atoms with Crippen molar-refractivity contribution in [1.82, 2.24) is 10.3 Å². The number of carbonyl (C=O) groups is 1. The highest BCUT2D eigenvalue weighted by atomic mass is 35.5. The van der Waals surface area contributed by atoms with Crippen LogP contribution in [0.25, 0.3) is 11.3 Å². The summed E-state index contributed by atoms with van der Waals surface area (Å²) in [6, 6.07) is 11.2. The second-order valence-electron chi connectivity index (χ2n) is 6.43. The number of methoxy groups -OCH3 is 1. The number of hydrogen-bond acceptors (Lipinski definition) is 6. The van der Waals surface area contributed by atoms with E-state index >= 15 is 0 Å². The molecular weight excluding hydrogens is 442 g/mol. The van der Waals surface area contributed by atoms with Crippen molar-refractivity contribution in [1.29, 1.82) is 0 Å². The first-order valence-electron chi connectivity index (χ1n) is 8.96. The standard InChI is InChI=1S/C21H20ClN3O3S2/c1-12-8-16(9-13(2)19(12)22)28-10-18(26)24-20(29)25-21-23-17(11-30-21)14-4-6-15(27-3)7-5-14/h4-9,11H,10H2,1-3H3,(H2,23,24,25,26,29). The Kier molecular flexibility index (Phi) is 7.25. The molecule has 3 rings (SSSR count). The Morgan fingerprint density at radius 1 is 1.17 bits per heavy atom. The molecule has 0 fully saturated rings. The van der Waals surface area contributed by atoms with Gasteiger partial charge in [0.15, 0.2) is 16.9 Å². The molecule has 0 bridgehead atoms. The summed E-state index contributed by atoms with van der Waals surface area (Å²) in [5.41, 5.74) is 3.54. The zero-order chi connectivity index (χ0) is 21.7. The van der Waals surface area contributed by atoms with Crippen molar-refractivity contribution in [3.05, 3.63) is 57.9 Å². The number of anilines is 1. The second kappa shape index (κ2) is 9.88. The molecule has 0 aliphatic rings. The first kappa shape index (κ1) is 22.0. The van der Waals surface area contributed by atoms with E-state index in [4.69, 9.17) is 33.3 Å². The molecule has 2 N–H and O–H groups in total. The monoisotopic (exact) mass is 461 g/mol. The number of nitrogens with zero attached hydrogens (tertiary/aromatic N) is 1. The van der Waals surface area contributed by atoms with Crippen molar-refractivity contribution in [3.63, 3.8) is 0 Å². The molecule has 9 heteroatoms. The summed E-state index contributed by atoms with van der Waals surface area (Å²) >= 11 is 12.7. The predicted molar refractivity (Wildman–Crippen MR) is 125 cm³/mol. The lowest BCUT2D eigenvalue weighted by molar-refractivity contribution is -0.121. The summed E-state index contributed by atoms with van der Waals surface area (Å²) < 4.78 is 10.7. The van der Waals surface area contributed by atoms with Gasteiger partial charge in [-0.05, 0) is 73.6 Å². The fourth-order valence-electron chi connectivity index (χ4n) is 2.65. The summed E-state index contributed by atoms with van der Waals surface area (Å²) in [6.07, 6.45) is 0. The van der Waals surface area contributed by atoms with Crippen molar-refractivity contribution in [2.75, 3.05) is 19.0 Å². The minimum absolute atomic E-state index is 0.155. The molecule has 6 nitrogen and oxygen atoms in total. The van der Waals surface area contributed by atoms with E-state index in [0.717, 1.165) is 28.1 Å². The van der Waals surface area contributed by atoms with E-state index in [0.29, 0.717) is 15.9 Å². The number of hydrogen-bond donors (Lipinski definition) is 2. The molecule has 3 aromatic rings. The van der Waals surface area contributed by atoms with Gasteiger partial charge in [-0.1, -0.05) is 11.6 Å². The van der Waals surface area contributed by atoms with Crippen molar-refractivity contribution >= 4 is 51.3 Å². The van der Waals surface area contributed by atoms with Crippen LogP contribution >= 0.6 is 35.2 Å². The highest BCUT2D eigenvalue weighted by molar-refractivity contribution is 7.80. The SMILES string of the molecule is COc1ccc(-c2csc(NC(=S)NC(=O)COc3cc(C)c(Cl)c(C)c3)n2)cc1. The smallest absolute Gasteiger partial charge is 0.264 e. The third-order valence-corrected chi connectivity index (χ3v) is 5.70. The minimum atomic E-state index is -0.371. The van der Waals surface area contributed by atoms with E-state index in [9.17, 15) is 4.79 Å². The van der Waals surface area contributed by atoms with Gasteiger partial charge in [0.1, 0.15) is 11.5 Å². The Morgan fingerprint density at radius 3 is 2.47 bits per heavy atom. The summed E-state index contributed by atoms with van der Waals surface area (Å²) in [5.74, 6) is 0.986. The number of thiazole rings is 1. The zero-order valence-electron chi connectivity index (χ0n) is 16.6. The quantitative estimate of drug-likeness (QED) is 0.504. The van der Waals surface area contributed by atoms with Crippen LogP contribution in [0.3, 0.4) is 0 Å². The van der Waals surface area contributed by atoms with Crippen LogP contribution in [-0.2, 0) is 4.79 Å². The first-order chi connectivity index (χ1) is 14.4. The molecule has 1 heterocycles. The normalized spacial score (nSPS) is 10.4. The molecule has 0 spiro atoms. The first-order valence-corrected chi connectivity index (χ1v) is 10.6. The number of thiocarbonyl (C=S) groups is 1. The van der Waals surface area contributed by atoms with Gasteiger partial charge in [-0.3, -0.25) is 10.1 Å². The molecule has 0 aliphatic heterocycles. The van der Waals surface area contributed by atoms with Crippen molar-refractivity contribution in [2.24, 2.45) is 0 Å². The van der Waals surface area contributed by atoms with Crippen LogP contribution in [0.15, 0.2) is 41.8 Å². The molecule has 1 aromatic heterocycles. The number of halogens is 1. The second-order valence-corrected chi connectivity index (χ2v) is 8.07. The number of benzene rings is 2. The Morgan fingerprint density at radius 2 is 1.83 bits per heavy atom. The molecule has 156 valence electrons. The van der Waals surface area contributed by atoms with E-state index < -0.39 is 0 Å². The minimum Gasteiger partial charge on any atom is -0.497 e. The van der Waals surface area contributed by atoms with E-state index in [-0.39, 0.29) is 17.6 Å². The molecule has 0 radical (unpaired) electrons. The maximum absolute atomic E-state index is 12.1. The van der Waals surface area contributed by atoms with Gasteiger partial charge in [0.05, 0.1) is 12.8 Å². The van der Waals surface area contributed by atoms with E-state index in [1.165, 1.54) is 11.3 Å². The Balaban J connectivity index is 1.51. The highest BCUT2D eigenvalue weighted by Crippen LogP contribution is 2.27. The molecule has 0 aliphatic carbocycles. The molecular formula is C21H20ClN3O3S2. The number of carbonyl (C=O) groups excluding carboxylic acids is 1. The fourth-order valence-corrected chi connectivity index (χ4v) is 3.76. The molecule has 1 amide bonds. The molecule has 0 unspecified atom stereocenters. The predicted octanol–water partition coefficient (Wildman–Crippen LogP) is 4.98. The van der Waals surface area contributed by atoms with E-state index in [2.05, 4.69) is 15.6 Å². The molecule has 30 heavy (non-hydrogen) atoms. The number of rotatable bonds is 6. The van der Waals surface area contributed by atoms with Gasteiger partial charge in [0.2, 0.25) is 0 Å². The molecule has 0 saturated carbocycles. The van der Waals surface area contributed by atoms with Crippen LogP contribution < -0.4 is 20.1 Å². The summed E-state index contributed by atoms with van der Waals surface area (Å²) in [7, 11) is 1.62. The van der Waals surface area contributed by atoms with Crippen LogP contribution in [0.1, 0.15) is 11.1 Å². The van der Waals surface area contributed by atoms with Crippen LogP contribution in [0, 0.1) is 13.8 Å². The molecule has 2 aromatic carbocycles. The Bertz CT molecular complexity index is 1040. The van der Waals surface area contributed by atoms with Gasteiger partial charge in [-0.25, -0.2) is 4.98 Å². The van der Waals surface area contributed by atoms with E-state index in [1.54, 1.807) is 19.2 Å². The maximum atomic E-state index is 12.1. The third-order valence-electron chi connectivity index (χ3n) is 4.14. The average Bonchev–Trinajstić information content (AvgIpc) is 3.18. The van der Waals surface area contributed by atoms with Crippen LogP contribution in [0.5, 0.6) is 11.5 Å². The van der Waals surface area contributed by atoms with Gasteiger partial charge in [0.25, 0.3) is 5.91 Å². The molecule has 0 atom stereocenters. The van der Waals surface area contributed by atoms with Crippen LogP contribution in [0.4, 0.5) is 5.13 Å². The van der Waals surface area contributed by atoms with Crippen molar-refractivity contribution < 1.29 is 14.3 Å². The maximum Gasteiger partial charge on any atom is 0.264 e. The van der Waals surface area contributed by atoms with Crippen LogP contribution in [0.2, 0.25) is 5.02 Å². The van der Waals surface area contributed by atoms with Gasteiger partial charge >= 0.3 is 0 Å². The van der Waals surface area contributed by atoms with Gasteiger partial charge in [-0.2, -0.15) is 0 Å². The molecule has 0 saturated heterocycles. The Labute approximate surface area is 189 Å². The number of amides is 1. The largest absolute Gasteiger partial charge is 0.497 e. The van der Waals surface area contributed by atoms with Crippen molar-refractivity contribution in [3.8, 4) is 22.8 Å². The van der Waals surface area contributed by atoms with Gasteiger partial charge in [-0.15, -0.1) is 11.3 Å². The average molecular weight is 462 g/mol. The van der Waals surface area contributed by atoms with E-state index in [1.807, 2.05) is 43.5 Å². The number of aromatic nitrogens is 1. The highest BCUT2D eigenvalue weighted by Gasteiger charge is 2.10. The lowest BCUT2D eigenvalue weighted by Gasteiger charge is -2.11. The summed E-state index contributed by atoms with van der Waals surface area (Å²) in [5, 5.41) is 8.83. The number of nitrogens with one attached hydrogen (secondary N) is 2. The van der Waals surface area contributed by atoms with Gasteiger partial charge in [0, 0.05) is 16.0 Å².